The Bertz CT molecular complexity index is 743. The predicted octanol–water partition coefficient (Wildman–Crippen LogP) is 3.78. The smallest absolute Gasteiger partial charge is 0.396 e. The molecule has 0 spiro atoms. The van der Waals surface area contributed by atoms with E-state index in [4.69, 9.17) is 5.11 Å². The minimum atomic E-state index is -4.51. The van der Waals surface area contributed by atoms with Gasteiger partial charge in [-0.25, -0.2) is 4.79 Å². The van der Waals surface area contributed by atoms with Crippen LogP contribution in [0.4, 0.5) is 13.2 Å². The molecule has 0 aliphatic carbocycles. The van der Waals surface area contributed by atoms with Crippen molar-refractivity contribution in [1.82, 2.24) is 5.32 Å². The van der Waals surface area contributed by atoms with E-state index in [1.165, 1.54) is 36.4 Å². The van der Waals surface area contributed by atoms with E-state index in [0.717, 1.165) is 5.56 Å². The molecule has 2 aromatic carbocycles. The fourth-order valence-electron chi connectivity index (χ4n) is 2.53. The molecule has 1 unspecified atom stereocenters. The first kappa shape index (κ1) is 19.5. The summed E-state index contributed by atoms with van der Waals surface area (Å²) in [6, 6.07) is 13.4. The summed E-state index contributed by atoms with van der Waals surface area (Å²) >= 11 is 0. The summed E-state index contributed by atoms with van der Waals surface area (Å²) in [7, 11) is 0. The molecule has 0 bridgehead atoms. The van der Waals surface area contributed by atoms with E-state index in [2.05, 4.69) is 5.32 Å². The first-order valence-electron chi connectivity index (χ1n) is 7.98. The lowest BCUT2D eigenvalue weighted by Crippen LogP contribution is -2.31. The highest BCUT2D eigenvalue weighted by Gasteiger charge is 2.41. The molecule has 7 heteroatoms. The second-order valence-electron chi connectivity index (χ2n) is 5.81. The van der Waals surface area contributed by atoms with Gasteiger partial charge in [0.05, 0.1) is 11.5 Å². The molecule has 0 radical (unpaired) electrons. The Kier molecular flexibility index (Phi) is 6.38. The normalized spacial score (nSPS) is 12.4. The van der Waals surface area contributed by atoms with Crippen LogP contribution in [0.2, 0.25) is 0 Å². The van der Waals surface area contributed by atoms with E-state index in [1.54, 1.807) is 18.2 Å². The molecule has 0 fully saturated rings. The van der Waals surface area contributed by atoms with Gasteiger partial charge < -0.3 is 10.4 Å². The number of alkyl halides is 3. The van der Waals surface area contributed by atoms with E-state index < -0.39 is 30.4 Å². The van der Waals surface area contributed by atoms with Gasteiger partial charge in [-0.3, -0.25) is 4.79 Å². The Balaban J connectivity index is 1.89. The third-order valence-corrected chi connectivity index (χ3v) is 3.92. The number of nitrogens with one attached hydrogen (secondary N) is 1. The molecular weight excluding hydrogens is 347 g/mol. The lowest BCUT2D eigenvalue weighted by atomic mass is 9.95. The van der Waals surface area contributed by atoms with Crippen molar-refractivity contribution in [3.05, 3.63) is 71.3 Å². The SMILES string of the molecule is O=C(CC(c1ccccc1)C(F)(F)F)NCCc1ccc(C(=O)O)cc1. The van der Waals surface area contributed by atoms with Crippen LogP contribution in [-0.4, -0.2) is 29.7 Å². The van der Waals surface area contributed by atoms with Crippen molar-refractivity contribution < 1.29 is 27.9 Å². The summed E-state index contributed by atoms with van der Waals surface area (Å²) in [5.74, 6) is -3.57. The summed E-state index contributed by atoms with van der Waals surface area (Å²) in [5.41, 5.74) is 0.985. The number of rotatable bonds is 7. The molecule has 0 saturated carbocycles. The van der Waals surface area contributed by atoms with Gasteiger partial charge in [-0.15, -0.1) is 0 Å². The zero-order chi connectivity index (χ0) is 19.2. The maximum Gasteiger partial charge on any atom is 0.396 e. The van der Waals surface area contributed by atoms with Gasteiger partial charge in [0.1, 0.15) is 0 Å². The third kappa shape index (κ3) is 5.61. The molecule has 2 rings (SSSR count). The van der Waals surface area contributed by atoms with Crippen LogP contribution in [0, 0.1) is 0 Å². The first-order chi connectivity index (χ1) is 12.3. The van der Waals surface area contributed by atoms with Crippen molar-refractivity contribution in [3.63, 3.8) is 0 Å². The molecule has 4 nitrogen and oxygen atoms in total. The van der Waals surface area contributed by atoms with Gasteiger partial charge >= 0.3 is 12.1 Å². The van der Waals surface area contributed by atoms with E-state index >= 15 is 0 Å². The van der Waals surface area contributed by atoms with Crippen LogP contribution in [0.15, 0.2) is 54.6 Å². The highest BCUT2D eigenvalue weighted by molar-refractivity contribution is 5.87. The zero-order valence-corrected chi connectivity index (χ0v) is 13.8. The number of carboxylic acid groups (broad SMARTS) is 1. The van der Waals surface area contributed by atoms with Crippen molar-refractivity contribution in [3.8, 4) is 0 Å². The minimum absolute atomic E-state index is 0.0550. The van der Waals surface area contributed by atoms with E-state index in [-0.39, 0.29) is 17.7 Å². The maximum atomic E-state index is 13.2. The van der Waals surface area contributed by atoms with Crippen LogP contribution in [0.5, 0.6) is 0 Å². The number of amides is 1. The first-order valence-corrected chi connectivity index (χ1v) is 7.98. The number of aromatic carboxylic acids is 1. The molecule has 0 aliphatic rings. The highest BCUT2D eigenvalue weighted by atomic mass is 19.4. The standard InChI is InChI=1S/C19H18F3NO3/c20-19(21,22)16(14-4-2-1-3-5-14)12-17(24)23-11-10-13-6-8-15(9-7-13)18(25)26/h1-9,16H,10-12H2,(H,23,24)(H,25,26). The molecule has 2 N–H and O–H groups in total. The van der Waals surface area contributed by atoms with Gasteiger partial charge in [-0.05, 0) is 29.7 Å². The molecule has 0 heterocycles. The predicted molar refractivity (Wildman–Crippen MR) is 90.0 cm³/mol. The van der Waals surface area contributed by atoms with Gasteiger partial charge in [-0.1, -0.05) is 42.5 Å². The lowest BCUT2D eigenvalue weighted by Gasteiger charge is -2.20. The number of halogens is 3. The summed E-state index contributed by atoms with van der Waals surface area (Å²) in [6.45, 7) is 0.171. The fraction of sp³-hybridized carbons (Fsp3) is 0.263. The Morgan fingerprint density at radius 1 is 1.00 bits per heavy atom. The molecule has 0 aromatic heterocycles. The van der Waals surface area contributed by atoms with Crippen LogP contribution in [0.3, 0.4) is 0 Å². The van der Waals surface area contributed by atoms with Gasteiger partial charge in [0.2, 0.25) is 5.91 Å². The summed E-state index contributed by atoms with van der Waals surface area (Å²) < 4.78 is 39.7. The Morgan fingerprint density at radius 2 is 1.62 bits per heavy atom. The fourth-order valence-corrected chi connectivity index (χ4v) is 2.53. The summed E-state index contributed by atoms with van der Waals surface area (Å²) in [4.78, 5) is 22.7. The molecule has 0 aliphatic heterocycles. The number of carboxylic acids is 1. The van der Waals surface area contributed by atoms with Gasteiger partial charge in [0, 0.05) is 13.0 Å². The molecular formula is C19H18F3NO3. The Hall–Kier alpha value is -2.83. The molecule has 1 amide bonds. The van der Waals surface area contributed by atoms with E-state index in [0.29, 0.717) is 6.42 Å². The quantitative estimate of drug-likeness (QED) is 0.785. The maximum absolute atomic E-state index is 13.2. The summed E-state index contributed by atoms with van der Waals surface area (Å²) in [6.07, 6.45) is -4.79. The van der Waals surface area contributed by atoms with Crippen LogP contribution in [-0.2, 0) is 11.2 Å². The molecule has 1 atom stereocenters. The van der Waals surface area contributed by atoms with Gasteiger partial charge in [-0.2, -0.15) is 13.2 Å². The van der Waals surface area contributed by atoms with Crippen molar-refractivity contribution in [2.45, 2.75) is 24.9 Å². The Morgan fingerprint density at radius 3 is 2.15 bits per heavy atom. The van der Waals surface area contributed by atoms with Crippen molar-refractivity contribution in [2.75, 3.05) is 6.54 Å². The van der Waals surface area contributed by atoms with E-state index in [9.17, 15) is 22.8 Å². The van der Waals surface area contributed by atoms with Crippen LogP contribution >= 0.6 is 0 Å². The number of benzene rings is 2. The van der Waals surface area contributed by atoms with Gasteiger partial charge in [0.15, 0.2) is 0 Å². The average Bonchev–Trinajstić information content (AvgIpc) is 2.60. The van der Waals surface area contributed by atoms with Crippen LogP contribution in [0.1, 0.15) is 33.8 Å². The molecule has 0 saturated heterocycles. The number of hydrogen-bond donors (Lipinski definition) is 2. The molecule has 26 heavy (non-hydrogen) atoms. The zero-order valence-electron chi connectivity index (χ0n) is 13.8. The lowest BCUT2D eigenvalue weighted by molar-refractivity contribution is -0.157. The average molecular weight is 365 g/mol. The highest BCUT2D eigenvalue weighted by Crippen LogP contribution is 2.37. The van der Waals surface area contributed by atoms with E-state index in [1.807, 2.05) is 0 Å². The number of carbonyl (C=O) groups is 2. The second-order valence-corrected chi connectivity index (χ2v) is 5.81. The van der Waals surface area contributed by atoms with Crippen molar-refractivity contribution in [1.29, 1.82) is 0 Å². The number of carbonyl (C=O) groups excluding carboxylic acids is 1. The topological polar surface area (TPSA) is 66.4 Å². The largest absolute Gasteiger partial charge is 0.478 e. The monoisotopic (exact) mass is 365 g/mol. The van der Waals surface area contributed by atoms with Gasteiger partial charge in [0.25, 0.3) is 0 Å². The number of hydrogen-bond acceptors (Lipinski definition) is 2. The third-order valence-electron chi connectivity index (χ3n) is 3.92. The van der Waals surface area contributed by atoms with Crippen molar-refractivity contribution >= 4 is 11.9 Å². The minimum Gasteiger partial charge on any atom is -0.478 e. The molecule has 138 valence electrons. The van der Waals surface area contributed by atoms with Crippen LogP contribution in [0.25, 0.3) is 0 Å². The van der Waals surface area contributed by atoms with Crippen LogP contribution < -0.4 is 5.32 Å². The summed E-state index contributed by atoms with van der Waals surface area (Å²) in [5, 5.41) is 11.3. The molecule has 2 aromatic rings. The Labute approximate surface area is 148 Å². The van der Waals surface area contributed by atoms with Crippen molar-refractivity contribution in [2.24, 2.45) is 0 Å². The second kappa shape index (κ2) is 8.51.